The summed E-state index contributed by atoms with van der Waals surface area (Å²) in [4.78, 5) is 25.9. The fraction of sp³-hybridized carbons (Fsp3) is 0.444. The van der Waals surface area contributed by atoms with E-state index in [0.29, 0.717) is 10.9 Å². The summed E-state index contributed by atoms with van der Waals surface area (Å²) in [7, 11) is 1.63. The second kappa shape index (κ2) is 5.97. The molecule has 10 heteroatoms. The SMILES string of the molecule is CCNc1nnc(CSc2nc(=O)c(=O)[nH]n2C)s1. The molecule has 0 saturated heterocycles. The highest BCUT2D eigenvalue weighted by molar-refractivity contribution is 7.98. The van der Waals surface area contributed by atoms with Crippen molar-refractivity contribution >= 4 is 28.2 Å². The molecule has 0 aromatic carbocycles. The van der Waals surface area contributed by atoms with E-state index in [9.17, 15) is 9.59 Å². The van der Waals surface area contributed by atoms with Crippen molar-refractivity contribution in [2.24, 2.45) is 7.05 Å². The number of hydrogen-bond donors (Lipinski definition) is 2. The van der Waals surface area contributed by atoms with Gasteiger partial charge in [-0.3, -0.25) is 19.4 Å². The number of hydrogen-bond acceptors (Lipinski definition) is 8. The first-order valence-corrected chi connectivity index (χ1v) is 7.26. The lowest BCUT2D eigenvalue weighted by atomic mass is 10.8. The van der Waals surface area contributed by atoms with E-state index in [1.165, 1.54) is 27.8 Å². The Hall–Kier alpha value is -1.68. The van der Waals surface area contributed by atoms with Gasteiger partial charge in [0.15, 0.2) is 5.16 Å². The van der Waals surface area contributed by atoms with Crippen molar-refractivity contribution in [2.45, 2.75) is 17.8 Å². The standard InChI is InChI=1S/C9H12N6O2S2/c1-3-10-8-13-12-5(19-8)4-18-9-11-6(16)7(17)14-15(9)2/h3-4H2,1-2H3,(H,10,13)(H,14,17). The first-order chi connectivity index (χ1) is 9.10. The third-order valence-electron chi connectivity index (χ3n) is 2.07. The normalized spacial score (nSPS) is 10.6. The summed E-state index contributed by atoms with van der Waals surface area (Å²) in [6.45, 7) is 2.77. The number of rotatable bonds is 5. The van der Waals surface area contributed by atoms with E-state index in [1.54, 1.807) is 7.05 Å². The van der Waals surface area contributed by atoms with Gasteiger partial charge in [0.05, 0.1) is 5.75 Å². The molecular weight excluding hydrogens is 288 g/mol. The smallest absolute Gasteiger partial charge is 0.339 e. The molecule has 0 unspecified atom stereocenters. The van der Waals surface area contributed by atoms with Crippen molar-refractivity contribution in [3.8, 4) is 0 Å². The van der Waals surface area contributed by atoms with Gasteiger partial charge >= 0.3 is 11.1 Å². The molecule has 2 rings (SSSR count). The van der Waals surface area contributed by atoms with E-state index >= 15 is 0 Å². The molecule has 102 valence electrons. The van der Waals surface area contributed by atoms with E-state index in [1.807, 2.05) is 6.92 Å². The van der Waals surface area contributed by atoms with Crippen molar-refractivity contribution in [1.82, 2.24) is 25.0 Å². The number of thioether (sulfide) groups is 1. The maximum Gasteiger partial charge on any atom is 0.339 e. The van der Waals surface area contributed by atoms with Crippen LogP contribution < -0.4 is 16.4 Å². The minimum atomic E-state index is -0.786. The molecule has 0 aliphatic carbocycles. The third kappa shape index (κ3) is 3.41. The second-order valence-corrected chi connectivity index (χ2v) is 5.52. The molecule has 0 amide bonds. The van der Waals surface area contributed by atoms with Gasteiger partial charge in [-0.25, -0.2) is 0 Å². The molecule has 2 aromatic heterocycles. The van der Waals surface area contributed by atoms with Crippen LogP contribution in [-0.2, 0) is 12.8 Å². The fourth-order valence-electron chi connectivity index (χ4n) is 1.25. The molecule has 0 spiro atoms. The molecule has 0 aliphatic heterocycles. The summed E-state index contributed by atoms with van der Waals surface area (Å²) < 4.78 is 1.42. The van der Waals surface area contributed by atoms with Crippen LogP contribution in [0.5, 0.6) is 0 Å². The van der Waals surface area contributed by atoms with Crippen LogP contribution in [0.2, 0.25) is 0 Å². The van der Waals surface area contributed by atoms with Gasteiger partial charge in [-0.15, -0.1) is 10.2 Å². The Morgan fingerprint density at radius 3 is 2.95 bits per heavy atom. The maximum absolute atomic E-state index is 11.2. The quantitative estimate of drug-likeness (QED) is 0.593. The Kier molecular flexibility index (Phi) is 4.32. The molecule has 2 N–H and O–H groups in total. The molecular formula is C9H12N6O2S2. The van der Waals surface area contributed by atoms with Gasteiger partial charge in [0.2, 0.25) is 5.13 Å². The lowest BCUT2D eigenvalue weighted by molar-refractivity contribution is 0.596. The Morgan fingerprint density at radius 2 is 2.21 bits per heavy atom. The monoisotopic (exact) mass is 300 g/mol. The Bertz CT molecular complexity index is 676. The molecule has 0 radical (unpaired) electrons. The van der Waals surface area contributed by atoms with Crippen LogP contribution in [0, 0.1) is 0 Å². The predicted molar refractivity (Wildman–Crippen MR) is 73.7 cm³/mol. The summed E-state index contributed by atoms with van der Waals surface area (Å²) in [6, 6.07) is 0. The second-order valence-electron chi connectivity index (χ2n) is 3.52. The molecule has 0 atom stereocenters. The molecule has 2 aromatic rings. The van der Waals surface area contributed by atoms with E-state index in [4.69, 9.17) is 0 Å². The third-order valence-corrected chi connectivity index (χ3v) is 4.17. The Labute approximate surface area is 116 Å². The first-order valence-electron chi connectivity index (χ1n) is 5.46. The van der Waals surface area contributed by atoms with E-state index in [-0.39, 0.29) is 0 Å². The van der Waals surface area contributed by atoms with Crippen LogP contribution in [-0.4, -0.2) is 31.5 Å². The van der Waals surface area contributed by atoms with Crippen molar-refractivity contribution in [2.75, 3.05) is 11.9 Å². The van der Waals surface area contributed by atoms with Gasteiger partial charge in [-0.1, -0.05) is 23.1 Å². The number of nitrogens with zero attached hydrogens (tertiary/aromatic N) is 4. The van der Waals surface area contributed by atoms with Gasteiger partial charge in [0.25, 0.3) is 0 Å². The van der Waals surface area contributed by atoms with Crippen molar-refractivity contribution in [3.63, 3.8) is 0 Å². The van der Waals surface area contributed by atoms with Crippen LogP contribution in [0.25, 0.3) is 0 Å². The molecule has 19 heavy (non-hydrogen) atoms. The summed E-state index contributed by atoms with van der Waals surface area (Å²) in [5.41, 5.74) is -1.51. The summed E-state index contributed by atoms with van der Waals surface area (Å²) in [6.07, 6.45) is 0. The number of aromatic nitrogens is 5. The minimum Gasteiger partial charge on any atom is -0.360 e. The summed E-state index contributed by atoms with van der Waals surface area (Å²) in [5.74, 6) is 0.537. The number of H-pyrrole nitrogens is 1. The van der Waals surface area contributed by atoms with Gasteiger partial charge in [-0.2, -0.15) is 4.98 Å². The zero-order chi connectivity index (χ0) is 13.8. The highest BCUT2D eigenvalue weighted by Gasteiger charge is 2.08. The van der Waals surface area contributed by atoms with E-state index < -0.39 is 11.1 Å². The number of aromatic amines is 1. The Morgan fingerprint density at radius 1 is 1.42 bits per heavy atom. The topological polar surface area (TPSA) is 106 Å². The van der Waals surface area contributed by atoms with Crippen LogP contribution in [0.4, 0.5) is 5.13 Å². The molecule has 0 fully saturated rings. The average Bonchev–Trinajstić information content (AvgIpc) is 2.80. The molecule has 0 aliphatic rings. The number of aryl methyl sites for hydroxylation is 1. The maximum atomic E-state index is 11.2. The van der Waals surface area contributed by atoms with Crippen molar-refractivity contribution in [1.29, 1.82) is 0 Å². The Balaban J connectivity index is 2.07. The predicted octanol–water partition coefficient (Wildman–Crippen LogP) is 0.0442. The van der Waals surface area contributed by atoms with Crippen LogP contribution in [0.1, 0.15) is 11.9 Å². The van der Waals surface area contributed by atoms with Crippen LogP contribution in [0.3, 0.4) is 0 Å². The van der Waals surface area contributed by atoms with Gasteiger partial charge in [0.1, 0.15) is 5.01 Å². The summed E-state index contributed by atoms with van der Waals surface area (Å²) >= 11 is 2.76. The fourth-order valence-corrected chi connectivity index (χ4v) is 2.96. The number of anilines is 1. The zero-order valence-corrected chi connectivity index (χ0v) is 12.0. The van der Waals surface area contributed by atoms with E-state index in [2.05, 4.69) is 25.6 Å². The van der Waals surface area contributed by atoms with Crippen molar-refractivity contribution < 1.29 is 0 Å². The largest absolute Gasteiger partial charge is 0.360 e. The highest BCUT2D eigenvalue weighted by atomic mass is 32.2. The van der Waals surface area contributed by atoms with E-state index in [0.717, 1.165) is 16.7 Å². The van der Waals surface area contributed by atoms with Gasteiger partial charge in [-0.05, 0) is 6.92 Å². The first kappa shape index (κ1) is 13.7. The number of nitrogens with one attached hydrogen (secondary N) is 2. The van der Waals surface area contributed by atoms with Crippen LogP contribution >= 0.6 is 23.1 Å². The summed E-state index contributed by atoms with van der Waals surface area (Å²) in [5, 5.41) is 15.5. The lowest BCUT2D eigenvalue weighted by Gasteiger charge is -2.03. The van der Waals surface area contributed by atoms with Gasteiger partial charge < -0.3 is 5.32 Å². The lowest BCUT2D eigenvalue weighted by Crippen LogP contribution is -2.33. The molecule has 8 nitrogen and oxygen atoms in total. The zero-order valence-electron chi connectivity index (χ0n) is 10.3. The molecule has 0 saturated carbocycles. The molecule has 2 heterocycles. The molecule has 0 bridgehead atoms. The minimum absolute atomic E-state index is 0.435. The van der Waals surface area contributed by atoms with Gasteiger partial charge in [0, 0.05) is 13.6 Å². The highest BCUT2D eigenvalue weighted by Crippen LogP contribution is 2.23. The average molecular weight is 300 g/mol. The van der Waals surface area contributed by atoms with Crippen LogP contribution in [0.15, 0.2) is 14.7 Å². The van der Waals surface area contributed by atoms with Crippen molar-refractivity contribution in [3.05, 3.63) is 25.7 Å².